The maximum atomic E-state index is 12.9. The normalized spacial score (nSPS) is 26.8. The van der Waals surface area contributed by atoms with E-state index >= 15 is 0 Å². The van der Waals surface area contributed by atoms with E-state index < -0.39 is 23.4 Å². The molecule has 20 heavy (non-hydrogen) atoms. The lowest BCUT2D eigenvalue weighted by molar-refractivity contribution is -0.137. The molecule has 0 saturated carbocycles. The average Bonchev–Trinajstić information content (AvgIpc) is 2.67. The lowest BCUT2D eigenvalue weighted by Gasteiger charge is -2.27. The number of pyridine rings is 1. The van der Waals surface area contributed by atoms with Crippen LogP contribution in [0.4, 0.5) is 19.0 Å². The van der Waals surface area contributed by atoms with Crippen LogP contribution in [0.15, 0.2) is 16.7 Å². The van der Waals surface area contributed by atoms with Crippen molar-refractivity contribution >= 4 is 21.7 Å². The maximum absolute atomic E-state index is 12.9. The number of hydrogen-bond acceptors (Lipinski definition) is 4. The Kier molecular flexibility index (Phi) is 4.27. The molecule has 2 atom stereocenters. The summed E-state index contributed by atoms with van der Waals surface area (Å²) in [7, 11) is 0. The standard InChI is InChI=1S/C12H14BrF3N2O2/c1-7-11(19,2-3-20-7)6-18-10-9(12(14,15)16)4-8(13)5-17-10/h4-5,7,19H,2-3,6H2,1H3,(H,17,18). The predicted molar refractivity (Wildman–Crippen MR) is 70.4 cm³/mol. The summed E-state index contributed by atoms with van der Waals surface area (Å²) in [6, 6.07) is 0.952. The molecule has 1 aromatic rings. The third-order valence-corrected chi connectivity index (χ3v) is 3.81. The van der Waals surface area contributed by atoms with Crippen LogP contribution in [0.2, 0.25) is 0 Å². The van der Waals surface area contributed by atoms with Crippen LogP contribution in [0, 0.1) is 0 Å². The summed E-state index contributed by atoms with van der Waals surface area (Å²) in [5.74, 6) is -0.298. The van der Waals surface area contributed by atoms with Gasteiger partial charge in [-0.1, -0.05) is 0 Å². The van der Waals surface area contributed by atoms with Gasteiger partial charge in [0.25, 0.3) is 0 Å². The highest BCUT2D eigenvalue weighted by molar-refractivity contribution is 9.10. The first-order valence-electron chi connectivity index (χ1n) is 6.03. The Morgan fingerprint density at radius 3 is 2.85 bits per heavy atom. The summed E-state index contributed by atoms with van der Waals surface area (Å²) in [6.07, 6.45) is -3.30. The van der Waals surface area contributed by atoms with E-state index in [1.165, 1.54) is 6.20 Å². The van der Waals surface area contributed by atoms with Gasteiger partial charge in [0.2, 0.25) is 0 Å². The molecule has 1 aromatic heterocycles. The second-order valence-electron chi connectivity index (χ2n) is 4.77. The summed E-state index contributed by atoms with van der Waals surface area (Å²) in [6.45, 7) is 2.03. The minimum Gasteiger partial charge on any atom is -0.385 e. The average molecular weight is 355 g/mol. The van der Waals surface area contributed by atoms with Gasteiger partial charge in [-0.05, 0) is 28.9 Å². The number of aromatic nitrogens is 1. The largest absolute Gasteiger partial charge is 0.419 e. The van der Waals surface area contributed by atoms with Gasteiger partial charge in [0.05, 0.1) is 11.7 Å². The van der Waals surface area contributed by atoms with Crippen molar-refractivity contribution in [3.63, 3.8) is 0 Å². The quantitative estimate of drug-likeness (QED) is 0.876. The van der Waals surface area contributed by atoms with E-state index in [2.05, 4.69) is 26.2 Å². The number of rotatable bonds is 3. The van der Waals surface area contributed by atoms with Crippen LogP contribution in [0.5, 0.6) is 0 Å². The Labute approximate surface area is 122 Å². The first-order valence-corrected chi connectivity index (χ1v) is 6.82. The molecule has 2 rings (SSSR count). The van der Waals surface area contributed by atoms with E-state index in [9.17, 15) is 18.3 Å². The molecule has 112 valence electrons. The molecule has 0 spiro atoms. The van der Waals surface area contributed by atoms with E-state index in [0.717, 1.165) is 6.07 Å². The Morgan fingerprint density at radius 2 is 2.30 bits per heavy atom. The van der Waals surface area contributed by atoms with Gasteiger partial charge in [0, 0.05) is 30.2 Å². The van der Waals surface area contributed by atoms with E-state index in [0.29, 0.717) is 13.0 Å². The van der Waals surface area contributed by atoms with Crippen molar-refractivity contribution in [1.29, 1.82) is 0 Å². The highest BCUT2D eigenvalue weighted by Crippen LogP contribution is 2.36. The number of hydrogen-bond donors (Lipinski definition) is 2. The van der Waals surface area contributed by atoms with Crippen molar-refractivity contribution in [2.24, 2.45) is 0 Å². The number of alkyl halides is 3. The van der Waals surface area contributed by atoms with Gasteiger partial charge in [-0.15, -0.1) is 0 Å². The molecule has 1 aliphatic heterocycles. The van der Waals surface area contributed by atoms with Gasteiger partial charge in [-0.2, -0.15) is 13.2 Å². The van der Waals surface area contributed by atoms with E-state index in [1.54, 1.807) is 6.92 Å². The van der Waals surface area contributed by atoms with Crippen molar-refractivity contribution in [1.82, 2.24) is 4.98 Å². The summed E-state index contributed by atoms with van der Waals surface area (Å²) >= 11 is 2.97. The minimum atomic E-state index is -4.51. The van der Waals surface area contributed by atoms with Crippen molar-refractivity contribution in [2.45, 2.75) is 31.2 Å². The molecule has 1 fully saturated rings. The van der Waals surface area contributed by atoms with Crippen molar-refractivity contribution < 1.29 is 23.0 Å². The van der Waals surface area contributed by atoms with Crippen LogP contribution in [-0.2, 0) is 10.9 Å². The highest BCUT2D eigenvalue weighted by Gasteiger charge is 2.40. The third kappa shape index (κ3) is 3.24. The second-order valence-corrected chi connectivity index (χ2v) is 5.68. The van der Waals surface area contributed by atoms with Gasteiger partial charge in [-0.25, -0.2) is 4.98 Å². The molecule has 2 heterocycles. The number of aliphatic hydroxyl groups is 1. The van der Waals surface area contributed by atoms with Gasteiger partial charge < -0.3 is 15.2 Å². The predicted octanol–water partition coefficient (Wildman–Crippen LogP) is 2.81. The molecule has 2 unspecified atom stereocenters. The molecule has 8 heteroatoms. The smallest absolute Gasteiger partial charge is 0.385 e. The van der Waals surface area contributed by atoms with Crippen LogP contribution >= 0.6 is 15.9 Å². The van der Waals surface area contributed by atoms with Gasteiger partial charge >= 0.3 is 6.18 Å². The first-order chi connectivity index (χ1) is 9.22. The molecular weight excluding hydrogens is 341 g/mol. The Hall–Kier alpha value is -0.860. The third-order valence-electron chi connectivity index (χ3n) is 3.38. The lowest BCUT2D eigenvalue weighted by atomic mass is 9.96. The molecule has 0 bridgehead atoms. The zero-order chi connectivity index (χ0) is 15.0. The molecule has 2 N–H and O–H groups in total. The monoisotopic (exact) mass is 354 g/mol. The topological polar surface area (TPSA) is 54.4 Å². The van der Waals surface area contributed by atoms with Crippen LogP contribution < -0.4 is 5.32 Å². The molecule has 0 aliphatic carbocycles. The summed E-state index contributed by atoms with van der Waals surface area (Å²) in [4.78, 5) is 3.73. The van der Waals surface area contributed by atoms with E-state index in [-0.39, 0.29) is 16.8 Å². The molecule has 0 aromatic carbocycles. The van der Waals surface area contributed by atoms with Gasteiger partial charge in [0.15, 0.2) is 0 Å². The van der Waals surface area contributed by atoms with E-state index in [1.807, 2.05) is 0 Å². The molecule has 1 aliphatic rings. The zero-order valence-electron chi connectivity index (χ0n) is 10.7. The number of halogens is 4. The highest BCUT2D eigenvalue weighted by atomic mass is 79.9. The fourth-order valence-electron chi connectivity index (χ4n) is 2.04. The van der Waals surface area contributed by atoms with Crippen LogP contribution in [-0.4, -0.2) is 34.9 Å². The summed E-state index contributed by atoms with van der Waals surface area (Å²) in [5.41, 5.74) is -2.06. The SMILES string of the molecule is CC1OCCC1(O)CNc1ncc(Br)cc1C(F)(F)F. The molecular formula is C12H14BrF3N2O2. The number of anilines is 1. The Morgan fingerprint density at radius 1 is 1.60 bits per heavy atom. The number of nitrogens with zero attached hydrogens (tertiary/aromatic N) is 1. The first kappa shape index (κ1) is 15.5. The van der Waals surface area contributed by atoms with Crippen molar-refractivity contribution in [2.75, 3.05) is 18.5 Å². The summed E-state index contributed by atoms with van der Waals surface area (Å²) < 4.78 is 44.2. The lowest BCUT2D eigenvalue weighted by Crippen LogP contribution is -2.43. The Bertz CT molecular complexity index is 498. The van der Waals surface area contributed by atoms with Crippen LogP contribution in [0.1, 0.15) is 18.9 Å². The minimum absolute atomic E-state index is 0.0497. The van der Waals surface area contributed by atoms with Crippen molar-refractivity contribution in [3.05, 3.63) is 22.3 Å². The Balaban J connectivity index is 2.18. The fourth-order valence-corrected chi connectivity index (χ4v) is 2.37. The summed E-state index contributed by atoms with van der Waals surface area (Å²) in [5, 5.41) is 12.8. The number of ether oxygens (including phenoxy) is 1. The van der Waals surface area contributed by atoms with E-state index in [4.69, 9.17) is 4.74 Å². The van der Waals surface area contributed by atoms with Gasteiger partial charge in [0.1, 0.15) is 11.4 Å². The van der Waals surface area contributed by atoms with Crippen LogP contribution in [0.3, 0.4) is 0 Å². The molecule has 4 nitrogen and oxygen atoms in total. The van der Waals surface area contributed by atoms with Gasteiger partial charge in [-0.3, -0.25) is 0 Å². The molecule has 1 saturated heterocycles. The second kappa shape index (κ2) is 5.50. The zero-order valence-corrected chi connectivity index (χ0v) is 12.3. The molecule has 0 amide bonds. The van der Waals surface area contributed by atoms with Crippen LogP contribution in [0.25, 0.3) is 0 Å². The molecule has 0 radical (unpaired) electrons. The fraction of sp³-hybridized carbons (Fsp3) is 0.583. The maximum Gasteiger partial charge on any atom is 0.419 e. The number of nitrogens with one attached hydrogen (secondary N) is 1. The van der Waals surface area contributed by atoms with Crippen molar-refractivity contribution in [3.8, 4) is 0 Å².